The first kappa shape index (κ1) is 8.02. The summed E-state index contributed by atoms with van der Waals surface area (Å²) < 4.78 is 5.10. The van der Waals surface area contributed by atoms with Crippen molar-refractivity contribution in [3.63, 3.8) is 0 Å². The Morgan fingerprint density at radius 2 is 2.22 bits per heavy atom. The van der Waals surface area contributed by atoms with Crippen LogP contribution in [-0.4, -0.2) is 6.61 Å². The van der Waals surface area contributed by atoms with Crippen LogP contribution in [-0.2, 0) is 4.74 Å². The third-order valence-electron chi connectivity index (χ3n) is 0.781. The van der Waals surface area contributed by atoms with E-state index in [1.807, 2.05) is 13.0 Å². The van der Waals surface area contributed by atoms with Crippen molar-refractivity contribution in [2.45, 2.75) is 6.92 Å². The fraction of sp³-hybridized carbons (Fsp3) is 0.250. The molecule has 0 heterocycles. The summed E-state index contributed by atoms with van der Waals surface area (Å²) in [7, 11) is 0. The lowest BCUT2D eigenvalue weighted by atomic mass is 10.5. The Hall–Kier alpha value is -0.980. The summed E-state index contributed by atoms with van der Waals surface area (Å²) in [6, 6.07) is 0. The zero-order valence-corrected chi connectivity index (χ0v) is 5.76. The minimum atomic E-state index is 0.566. The molecule has 0 fully saturated rings. The third kappa shape index (κ3) is 4.88. The fourth-order valence-corrected chi connectivity index (χ4v) is 0.404. The van der Waals surface area contributed by atoms with Crippen molar-refractivity contribution in [2.75, 3.05) is 6.61 Å². The summed E-state index contributed by atoms with van der Waals surface area (Å²) in [5.41, 5.74) is 0. The minimum absolute atomic E-state index is 0.566. The monoisotopic (exact) mass is 124 g/mol. The van der Waals surface area contributed by atoms with Gasteiger partial charge in [-0.3, -0.25) is 0 Å². The van der Waals surface area contributed by atoms with Gasteiger partial charge in [-0.05, 0) is 13.0 Å². The summed E-state index contributed by atoms with van der Waals surface area (Å²) in [4.78, 5) is 0. The molecule has 0 bridgehead atoms. The molecule has 0 atom stereocenters. The minimum Gasteiger partial charge on any atom is -0.494 e. The van der Waals surface area contributed by atoms with Gasteiger partial charge >= 0.3 is 0 Å². The van der Waals surface area contributed by atoms with Gasteiger partial charge in [-0.1, -0.05) is 25.3 Å². The van der Waals surface area contributed by atoms with E-state index in [4.69, 9.17) is 4.74 Å². The van der Waals surface area contributed by atoms with Gasteiger partial charge in [-0.25, -0.2) is 0 Å². The number of hydrogen-bond acceptors (Lipinski definition) is 1. The second-order valence-electron chi connectivity index (χ2n) is 1.61. The predicted octanol–water partition coefficient (Wildman–Crippen LogP) is 2.28. The summed E-state index contributed by atoms with van der Waals surface area (Å²) in [5.74, 6) is 0.866. The molecule has 0 rings (SSSR count). The topological polar surface area (TPSA) is 9.23 Å². The highest BCUT2D eigenvalue weighted by atomic mass is 16.5. The SMILES string of the molecule is C=CC=C(C)OCC=C. The lowest BCUT2D eigenvalue weighted by molar-refractivity contribution is 0.250. The second kappa shape index (κ2) is 5.16. The molecule has 1 nitrogen and oxygen atoms in total. The van der Waals surface area contributed by atoms with Gasteiger partial charge in [0.25, 0.3) is 0 Å². The Morgan fingerprint density at radius 1 is 1.56 bits per heavy atom. The highest BCUT2D eigenvalue weighted by Gasteiger charge is 1.80. The van der Waals surface area contributed by atoms with Gasteiger partial charge in [-0.2, -0.15) is 0 Å². The van der Waals surface area contributed by atoms with Crippen LogP contribution in [0.3, 0.4) is 0 Å². The maximum Gasteiger partial charge on any atom is 0.106 e. The van der Waals surface area contributed by atoms with Crippen molar-refractivity contribution in [1.82, 2.24) is 0 Å². The van der Waals surface area contributed by atoms with Crippen molar-refractivity contribution in [3.8, 4) is 0 Å². The van der Waals surface area contributed by atoms with Crippen LogP contribution in [0.25, 0.3) is 0 Å². The van der Waals surface area contributed by atoms with E-state index in [1.165, 1.54) is 0 Å². The van der Waals surface area contributed by atoms with Crippen LogP contribution in [0.1, 0.15) is 6.92 Å². The molecule has 50 valence electrons. The maximum absolute atomic E-state index is 5.10. The van der Waals surface area contributed by atoms with Crippen LogP contribution >= 0.6 is 0 Å². The highest BCUT2D eigenvalue weighted by Crippen LogP contribution is 1.93. The van der Waals surface area contributed by atoms with E-state index in [1.54, 1.807) is 12.2 Å². The van der Waals surface area contributed by atoms with Gasteiger partial charge in [0, 0.05) is 0 Å². The van der Waals surface area contributed by atoms with Gasteiger partial charge in [-0.15, -0.1) is 0 Å². The van der Waals surface area contributed by atoms with Crippen LogP contribution in [0.15, 0.2) is 37.1 Å². The molecular weight excluding hydrogens is 112 g/mol. The molecule has 0 spiro atoms. The van der Waals surface area contributed by atoms with Crippen molar-refractivity contribution < 1.29 is 4.74 Å². The first-order valence-electron chi connectivity index (χ1n) is 2.84. The molecule has 0 aromatic carbocycles. The first-order chi connectivity index (χ1) is 4.31. The lowest BCUT2D eigenvalue weighted by Gasteiger charge is -1.99. The molecular formula is C8H12O. The number of hydrogen-bond donors (Lipinski definition) is 0. The third-order valence-corrected chi connectivity index (χ3v) is 0.781. The molecule has 0 saturated heterocycles. The molecule has 0 saturated carbocycles. The van der Waals surface area contributed by atoms with Gasteiger partial charge in [0.2, 0.25) is 0 Å². The summed E-state index contributed by atoms with van der Waals surface area (Å²) in [6.07, 6.45) is 5.21. The molecule has 0 aromatic heterocycles. The number of ether oxygens (including phenoxy) is 1. The van der Waals surface area contributed by atoms with Gasteiger partial charge in [0.1, 0.15) is 6.61 Å². The van der Waals surface area contributed by atoms with Crippen LogP contribution in [0.2, 0.25) is 0 Å². The summed E-state index contributed by atoms with van der Waals surface area (Å²) in [5, 5.41) is 0. The average molecular weight is 124 g/mol. The van der Waals surface area contributed by atoms with Crippen LogP contribution in [0, 0.1) is 0 Å². The van der Waals surface area contributed by atoms with Crippen molar-refractivity contribution in [1.29, 1.82) is 0 Å². The number of allylic oxidation sites excluding steroid dienone is 3. The van der Waals surface area contributed by atoms with Crippen LogP contribution < -0.4 is 0 Å². The largest absolute Gasteiger partial charge is 0.494 e. The van der Waals surface area contributed by atoms with E-state index in [-0.39, 0.29) is 0 Å². The highest BCUT2D eigenvalue weighted by molar-refractivity contribution is 5.01. The van der Waals surface area contributed by atoms with Gasteiger partial charge in [0.15, 0.2) is 0 Å². The molecule has 0 aliphatic heterocycles. The Bertz CT molecular complexity index is 123. The van der Waals surface area contributed by atoms with E-state index in [2.05, 4.69) is 13.2 Å². The molecule has 1 heteroatoms. The second-order valence-corrected chi connectivity index (χ2v) is 1.61. The Kier molecular flexibility index (Phi) is 4.60. The predicted molar refractivity (Wildman–Crippen MR) is 40.1 cm³/mol. The quantitative estimate of drug-likeness (QED) is 0.317. The van der Waals surface area contributed by atoms with Crippen molar-refractivity contribution >= 4 is 0 Å². The first-order valence-corrected chi connectivity index (χ1v) is 2.84. The molecule has 9 heavy (non-hydrogen) atoms. The zero-order valence-electron chi connectivity index (χ0n) is 5.76. The molecule has 0 radical (unpaired) electrons. The normalized spacial score (nSPS) is 10.6. The molecule has 0 amide bonds. The summed E-state index contributed by atoms with van der Waals surface area (Å²) in [6.45, 7) is 9.49. The number of rotatable bonds is 4. The molecule has 0 N–H and O–H groups in total. The van der Waals surface area contributed by atoms with Crippen LogP contribution in [0.4, 0.5) is 0 Å². The molecule has 0 aromatic rings. The fourth-order valence-electron chi connectivity index (χ4n) is 0.404. The van der Waals surface area contributed by atoms with Gasteiger partial charge in [0.05, 0.1) is 5.76 Å². The van der Waals surface area contributed by atoms with E-state index >= 15 is 0 Å². The molecule has 0 aliphatic rings. The standard InChI is InChI=1S/C8H12O/c1-4-6-8(3)9-7-5-2/h4-6H,1-2,7H2,3H3. The Morgan fingerprint density at radius 3 is 2.67 bits per heavy atom. The van der Waals surface area contributed by atoms with Gasteiger partial charge < -0.3 is 4.74 Å². The smallest absolute Gasteiger partial charge is 0.106 e. The average Bonchev–Trinajstić information content (AvgIpc) is 1.85. The van der Waals surface area contributed by atoms with E-state index < -0.39 is 0 Å². The van der Waals surface area contributed by atoms with Crippen molar-refractivity contribution in [3.05, 3.63) is 37.1 Å². The Balaban J connectivity index is 3.47. The van der Waals surface area contributed by atoms with Crippen LogP contribution in [0.5, 0.6) is 0 Å². The van der Waals surface area contributed by atoms with Crippen molar-refractivity contribution in [2.24, 2.45) is 0 Å². The zero-order chi connectivity index (χ0) is 7.11. The van der Waals surface area contributed by atoms with E-state index in [9.17, 15) is 0 Å². The maximum atomic E-state index is 5.10. The molecule has 0 unspecified atom stereocenters. The lowest BCUT2D eigenvalue weighted by Crippen LogP contribution is -1.85. The Labute approximate surface area is 56.3 Å². The van der Waals surface area contributed by atoms with E-state index in [0.717, 1.165) is 5.76 Å². The molecule has 0 aliphatic carbocycles. The van der Waals surface area contributed by atoms with E-state index in [0.29, 0.717) is 6.61 Å². The summed E-state index contributed by atoms with van der Waals surface area (Å²) >= 11 is 0.